The first kappa shape index (κ1) is 27.2. The molecule has 6 aromatic rings. The number of nitrogens with zero attached hydrogens (tertiary/aromatic N) is 2. The number of hydrogen-bond acceptors (Lipinski definition) is 3. The Balaban J connectivity index is 1.21. The lowest BCUT2D eigenvalue weighted by molar-refractivity contribution is 0.103. The van der Waals surface area contributed by atoms with Gasteiger partial charge in [0, 0.05) is 28.2 Å². The quantitative estimate of drug-likeness (QED) is 0.107. The Morgan fingerprint density at radius 2 is 0.907 bits per heavy atom. The molecule has 0 N–H and O–H groups in total. The fraction of sp³-hybridized carbons (Fsp3) is 0. The van der Waals surface area contributed by atoms with Gasteiger partial charge in [0.25, 0.3) is 0 Å². The van der Waals surface area contributed by atoms with Crippen molar-refractivity contribution in [1.82, 2.24) is 0 Å². The SMILES string of the molecule is N#C/C(=C\c1ccc(N(c2ccccc2)c2ccccc2)cc1)c1ccc(-c2ccc(C(=O)c3ccccc3)cc2)cc1. The van der Waals surface area contributed by atoms with Crippen LogP contribution in [0.4, 0.5) is 17.1 Å². The van der Waals surface area contributed by atoms with Crippen LogP contribution in [0.5, 0.6) is 0 Å². The molecular formula is C40H28N2O. The smallest absolute Gasteiger partial charge is 0.193 e. The van der Waals surface area contributed by atoms with E-state index in [1.807, 2.05) is 133 Å². The van der Waals surface area contributed by atoms with Gasteiger partial charge >= 0.3 is 0 Å². The number of anilines is 3. The monoisotopic (exact) mass is 552 g/mol. The Morgan fingerprint density at radius 1 is 0.488 bits per heavy atom. The molecule has 0 unspecified atom stereocenters. The van der Waals surface area contributed by atoms with Gasteiger partial charge in [-0.05, 0) is 64.7 Å². The second kappa shape index (κ2) is 12.7. The molecule has 3 nitrogen and oxygen atoms in total. The van der Waals surface area contributed by atoms with Gasteiger partial charge in [0.2, 0.25) is 0 Å². The van der Waals surface area contributed by atoms with Crippen molar-refractivity contribution in [2.24, 2.45) is 0 Å². The Hall–Kier alpha value is -5.98. The Kier molecular flexibility index (Phi) is 8.02. The minimum Gasteiger partial charge on any atom is -0.311 e. The molecule has 0 heterocycles. The summed E-state index contributed by atoms with van der Waals surface area (Å²) in [7, 11) is 0. The van der Waals surface area contributed by atoms with E-state index in [0.29, 0.717) is 16.7 Å². The van der Waals surface area contributed by atoms with Crippen molar-refractivity contribution in [2.45, 2.75) is 0 Å². The summed E-state index contributed by atoms with van der Waals surface area (Å²) >= 11 is 0. The molecule has 0 bridgehead atoms. The zero-order chi connectivity index (χ0) is 29.4. The lowest BCUT2D eigenvalue weighted by Gasteiger charge is -2.25. The van der Waals surface area contributed by atoms with Crippen LogP contribution in [-0.4, -0.2) is 5.78 Å². The Labute approximate surface area is 252 Å². The van der Waals surface area contributed by atoms with Crippen LogP contribution in [0, 0.1) is 11.3 Å². The summed E-state index contributed by atoms with van der Waals surface area (Å²) in [4.78, 5) is 14.9. The number of ketones is 1. The first-order valence-electron chi connectivity index (χ1n) is 14.1. The maximum absolute atomic E-state index is 12.7. The van der Waals surface area contributed by atoms with Crippen molar-refractivity contribution in [1.29, 1.82) is 5.26 Å². The van der Waals surface area contributed by atoms with Crippen LogP contribution >= 0.6 is 0 Å². The third kappa shape index (κ3) is 6.20. The van der Waals surface area contributed by atoms with E-state index < -0.39 is 0 Å². The second-order valence-electron chi connectivity index (χ2n) is 10.1. The summed E-state index contributed by atoms with van der Waals surface area (Å²) in [6, 6.07) is 56.0. The maximum atomic E-state index is 12.7. The topological polar surface area (TPSA) is 44.1 Å². The number of carbonyl (C=O) groups excluding carboxylic acids is 1. The van der Waals surface area contributed by atoms with E-state index in [2.05, 4.69) is 47.4 Å². The first-order valence-corrected chi connectivity index (χ1v) is 14.1. The van der Waals surface area contributed by atoms with E-state index in [1.54, 1.807) is 0 Å². The molecule has 43 heavy (non-hydrogen) atoms. The van der Waals surface area contributed by atoms with Gasteiger partial charge in [0.1, 0.15) is 0 Å². The molecule has 0 aliphatic carbocycles. The van der Waals surface area contributed by atoms with Gasteiger partial charge in [-0.2, -0.15) is 5.26 Å². The molecule has 0 aliphatic rings. The summed E-state index contributed by atoms with van der Waals surface area (Å²) in [6.45, 7) is 0. The van der Waals surface area contributed by atoms with E-state index >= 15 is 0 Å². The summed E-state index contributed by atoms with van der Waals surface area (Å²) in [6.07, 6.45) is 1.91. The standard InChI is InChI=1S/C40H28N2O/c41-29-36(28-30-16-26-39(27-17-30)42(37-12-6-2-7-13-37)38-14-8-3-9-15-38)33-20-18-31(19-21-33)32-22-24-35(25-23-32)40(43)34-10-4-1-5-11-34/h1-28H/b36-28+. The Bertz CT molecular complexity index is 1850. The predicted octanol–water partition coefficient (Wildman–Crippen LogP) is 10.1. The number of benzene rings is 6. The average molecular weight is 553 g/mol. The summed E-state index contributed by atoms with van der Waals surface area (Å²) in [5.41, 5.74) is 8.93. The van der Waals surface area contributed by atoms with Crippen LogP contribution in [0.25, 0.3) is 22.8 Å². The summed E-state index contributed by atoms with van der Waals surface area (Å²) in [5, 5.41) is 9.99. The number of para-hydroxylation sites is 2. The van der Waals surface area contributed by atoms with Crippen LogP contribution in [0.15, 0.2) is 164 Å². The molecule has 3 heteroatoms. The predicted molar refractivity (Wildman–Crippen MR) is 176 cm³/mol. The lowest BCUT2D eigenvalue weighted by atomic mass is 9.97. The third-order valence-electron chi connectivity index (χ3n) is 7.32. The van der Waals surface area contributed by atoms with E-state index in [1.165, 1.54) is 0 Å². The highest BCUT2D eigenvalue weighted by atomic mass is 16.1. The van der Waals surface area contributed by atoms with E-state index in [9.17, 15) is 10.1 Å². The normalized spacial score (nSPS) is 11.0. The van der Waals surface area contributed by atoms with Gasteiger partial charge in [-0.3, -0.25) is 4.79 Å². The summed E-state index contributed by atoms with van der Waals surface area (Å²) < 4.78 is 0. The van der Waals surface area contributed by atoms with Crippen LogP contribution in [0.3, 0.4) is 0 Å². The van der Waals surface area contributed by atoms with Gasteiger partial charge in [-0.25, -0.2) is 0 Å². The molecule has 0 amide bonds. The Morgan fingerprint density at radius 3 is 1.40 bits per heavy atom. The van der Waals surface area contributed by atoms with E-state index in [-0.39, 0.29) is 5.78 Å². The fourth-order valence-electron chi connectivity index (χ4n) is 5.08. The molecule has 0 fully saturated rings. The van der Waals surface area contributed by atoms with Gasteiger partial charge in [-0.15, -0.1) is 0 Å². The van der Waals surface area contributed by atoms with Gasteiger partial charge in [0.05, 0.1) is 11.6 Å². The zero-order valence-corrected chi connectivity index (χ0v) is 23.5. The highest BCUT2D eigenvalue weighted by Crippen LogP contribution is 2.34. The molecule has 0 aliphatic heterocycles. The van der Waals surface area contributed by atoms with Crippen molar-refractivity contribution in [3.05, 3.63) is 186 Å². The van der Waals surface area contributed by atoms with Gasteiger partial charge in [-0.1, -0.05) is 127 Å². The molecule has 0 saturated heterocycles. The van der Waals surface area contributed by atoms with Gasteiger partial charge < -0.3 is 4.90 Å². The number of hydrogen-bond donors (Lipinski definition) is 0. The highest BCUT2D eigenvalue weighted by Gasteiger charge is 2.12. The molecule has 6 aromatic carbocycles. The first-order chi connectivity index (χ1) is 21.2. The van der Waals surface area contributed by atoms with Crippen molar-refractivity contribution in [2.75, 3.05) is 4.90 Å². The second-order valence-corrected chi connectivity index (χ2v) is 10.1. The van der Waals surface area contributed by atoms with E-state index in [4.69, 9.17) is 0 Å². The highest BCUT2D eigenvalue weighted by molar-refractivity contribution is 6.09. The van der Waals surface area contributed by atoms with Crippen LogP contribution in [0.2, 0.25) is 0 Å². The molecule has 0 spiro atoms. The van der Waals surface area contributed by atoms with Gasteiger partial charge in [0.15, 0.2) is 5.78 Å². The number of carbonyl (C=O) groups is 1. The van der Waals surface area contributed by atoms with Crippen molar-refractivity contribution in [3.8, 4) is 17.2 Å². The average Bonchev–Trinajstić information content (AvgIpc) is 3.09. The summed E-state index contributed by atoms with van der Waals surface area (Å²) in [5.74, 6) is 0.00664. The lowest BCUT2D eigenvalue weighted by Crippen LogP contribution is -2.09. The molecule has 204 valence electrons. The van der Waals surface area contributed by atoms with Crippen molar-refractivity contribution < 1.29 is 4.79 Å². The van der Waals surface area contributed by atoms with E-state index in [0.717, 1.165) is 39.3 Å². The molecule has 0 radical (unpaired) electrons. The molecular weight excluding hydrogens is 524 g/mol. The maximum Gasteiger partial charge on any atom is 0.193 e. The molecule has 0 aromatic heterocycles. The van der Waals surface area contributed by atoms with Crippen LogP contribution in [-0.2, 0) is 0 Å². The van der Waals surface area contributed by atoms with Crippen LogP contribution in [0.1, 0.15) is 27.0 Å². The minimum atomic E-state index is 0.00664. The minimum absolute atomic E-state index is 0.00664. The number of nitriles is 1. The number of rotatable bonds is 8. The fourth-order valence-corrected chi connectivity index (χ4v) is 5.08. The van der Waals surface area contributed by atoms with Crippen LogP contribution < -0.4 is 4.90 Å². The largest absolute Gasteiger partial charge is 0.311 e. The molecule has 0 atom stereocenters. The number of allylic oxidation sites excluding steroid dienone is 1. The van der Waals surface area contributed by atoms with Crippen molar-refractivity contribution in [3.63, 3.8) is 0 Å². The van der Waals surface area contributed by atoms with Crippen molar-refractivity contribution >= 4 is 34.5 Å². The third-order valence-corrected chi connectivity index (χ3v) is 7.32. The molecule has 0 saturated carbocycles. The molecule has 6 rings (SSSR count). The zero-order valence-electron chi connectivity index (χ0n) is 23.5.